The number of esters is 1. The second-order valence-electron chi connectivity index (χ2n) is 12.5. The summed E-state index contributed by atoms with van der Waals surface area (Å²) in [5.74, 6) is -2.21. The molecule has 2 amide bonds. The van der Waals surface area contributed by atoms with E-state index < -0.39 is 29.9 Å². The summed E-state index contributed by atoms with van der Waals surface area (Å²) in [6, 6.07) is 39.7. The van der Waals surface area contributed by atoms with Crippen LogP contribution < -0.4 is 5.73 Å². The number of nitrogens with zero attached hydrogens (tertiary/aromatic N) is 1. The highest BCUT2D eigenvalue weighted by molar-refractivity contribution is 6.04. The Morgan fingerprint density at radius 2 is 1.10 bits per heavy atom. The van der Waals surface area contributed by atoms with Crippen LogP contribution in [0.5, 0.6) is 0 Å². The summed E-state index contributed by atoms with van der Waals surface area (Å²) in [5.41, 5.74) is 14.3. The van der Waals surface area contributed by atoms with E-state index in [0.29, 0.717) is 19.4 Å². The van der Waals surface area contributed by atoms with Crippen molar-refractivity contribution in [2.24, 2.45) is 5.73 Å². The predicted octanol–water partition coefficient (Wildman–Crippen LogP) is 7.82. The first kappa shape index (κ1) is 32.0. The molecule has 2 N–H and O–H groups in total. The Labute approximate surface area is 286 Å². The molecule has 0 radical (unpaired) electrons. The van der Waals surface area contributed by atoms with Gasteiger partial charge in [-0.3, -0.25) is 4.79 Å². The van der Waals surface area contributed by atoms with Crippen molar-refractivity contribution in [2.45, 2.75) is 43.7 Å². The minimum absolute atomic E-state index is 0.00304. The van der Waals surface area contributed by atoms with Gasteiger partial charge in [-0.05, 0) is 75.9 Å². The van der Waals surface area contributed by atoms with Crippen LogP contribution in [0.25, 0.3) is 22.3 Å². The van der Waals surface area contributed by atoms with Crippen molar-refractivity contribution < 1.29 is 23.9 Å². The Balaban J connectivity index is 1.24. The van der Waals surface area contributed by atoms with Crippen molar-refractivity contribution in [3.05, 3.63) is 155 Å². The number of hydrogen-bond donors (Lipinski definition) is 1. The molecular weight excluding hydrogens is 612 g/mol. The Kier molecular flexibility index (Phi) is 9.35. The SMILES string of the molecule is NCCCC[C@@H](C(=O)OCc1ccccc1)N(C(=O)OCC1c2ccccc2-c2ccccc21)C(=O)C1c2ccccc2-c2ccccc21. The molecule has 49 heavy (non-hydrogen) atoms. The van der Waals surface area contributed by atoms with Crippen LogP contribution in [-0.4, -0.2) is 42.1 Å². The molecule has 7 rings (SSSR count). The smallest absolute Gasteiger partial charge is 0.417 e. The standard InChI is InChI=1S/C42H38N2O5/c43-25-13-12-24-38(41(46)48-26-28-14-2-1-3-15-28)44(40(45)39-35-22-10-8-18-31(35)32-19-9-11-23-36(32)39)42(47)49-27-37-33-20-6-4-16-29(33)30-17-5-7-21-34(30)37/h1-11,14-23,37-39H,12-13,24-27,43H2/t38-/m0/s1. The molecule has 0 aliphatic heterocycles. The lowest BCUT2D eigenvalue weighted by molar-refractivity contribution is -0.155. The highest BCUT2D eigenvalue weighted by atomic mass is 16.6. The average Bonchev–Trinajstić information content (AvgIpc) is 3.65. The van der Waals surface area contributed by atoms with Crippen LogP contribution in [0.3, 0.4) is 0 Å². The maximum absolute atomic E-state index is 15.0. The van der Waals surface area contributed by atoms with Gasteiger partial charge in [0, 0.05) is 5.92 Å². The molecule has 0 aromatic heterocycles. The van der Waals surface area contributed by atoms with E-state index in [4.69, 9.17) is 15.2 Å². The number of unbranched alkanes of at least 4 members (excludes halogenated alkanes) is 1. The van der Waals surface area contributed by atoms with E-state index in [0.717, 1.165) is 55.0 Å². The quantitative estimate of drug-likeness (QED) is 0.116. The summed E-state index contributed by atoms with van der Waals surface area (Å²) in [4.78, 5) is 44.4. The number of rotatable bonds is 11. The number of benzene rings is 5. The summed E-state index contributed by atoms with van der Waals surface area (Å²) >= 11 is 0. The average molecular weight is 651 g/mol. The van der Waals surface area contributed by atoms with Gasteiger partial charge in [0.05, 0.1) is 5.92 Å². The normalized spacial score (nSPS) is 13.5. The van der Waals surface area contributed by atoms with Crippen molar-refractivity contribution >= 4 is 18.0 Å². The zero-order valence-electron chi connectivity index (χ0n) is 27.2. The fourth-order valence-electron chi connectivity index (χ4n) is 7.25. The Morgan fingerprint density at radius 1 is 0.612 bits per heavy atom. The molecule has 0 spiro atoms. The summed E-state index contributed by atoms with van der Waals surface area (Å²) < 4.78 is 11.9. The largest absolute Gasteiger partial charge is 0.459 e. The van der Waals surface area contributed by atoms with Gasteiger partial charge in [-0.25, -0.2) is 14.5 Å². The van der Waals surface area contributed by atoms with Crippen LogP contribution in [0, 0.1) is 0 Å². The topological polar surface area (TPSA) is 98.9 Å². The first-order chi connectivity index (χ1) is 24.1. The molecule has 5 aromatic carbocycles. The van der Waals surface area contributed by atoms with Gasteiger partial charge in [-0.2, -0.15) is 0 Å². The zero-order chi connectivity index (χ0) is 33.7. The van der Waals surface area contributed by atoms with Crippen LogP contribution in [0.4, 0.5) is 4.79 Å². The molecule has 1 atom stereocenters. The summed E-state index contributed by atoms with van der Waals surface area (Å²) in [7, 11) is 0. The fraction of sp³-hybridized carbons (Fsp3) is 0.214. The third-order valence-corrected chi connectivity index (χ3v) is 9.59. The first-order valence-electron chi connectivity index (χ1n) is 16.8. The lowest BCUT2D eigenvalue weighted by atomic mass is 9.94. The van der Waals surface area contributed by atoms with Crippen LogP contribution in [-0.2, 0) is 25.7 Å². The summed E-state index contributed by atoms with van der Waals surface area (Å²) in [6.07, 6.45) is 0.448. The Bertz CT molecular complexity index is 1900. The van der Waals surface area contributed by atoms with Crippen molar-refractivity contribution in [3.63, 3.8) is 0 Å². The number of nitrogens with two attached hydrogens (primary N) is 1. The van der Waals surface area contributed by atoms with E-state index in [-0.39, 0.29) is 25.6 Å². The molecule has 5 aromatic rings. The van der Waals surface area contributed by atoms with E-state index in [9.17, 15) is 14.4 Å². The van der Waals surface area contributed by atoms with Crippen LogP contribution in [0.15, 0.2) is 127 Å². The molecule has 7 heteroatoms. The molecule has 0 saturated carbocycles. The lowest BCUT2D eigenvalue weighted by Crippen LogP contribution is -2.51. The molecule has 7 nitrogen and oxygen atoms in total. The fourth-order valence-corrected chi connectivity index (χ4v) is 7.25. The lowest BCUT2D eigenvalue weighted by Gasteiger charge is -2.31. The first-order valence-corrected chi connectivity index (χ1v) is 16.8. The predicted molar refractivity (Wildman–Crippen MR) is 189 cm³/mol. The number of carbonyl (C=O) groups is 3. The second-order valence-corrected chi connectivity index (χ2v) is 12.5. The zero-order valence-corrected chi connectivity index (χ0v) is 27.2. The Hall–Kier alpha value is -5.53. The minimum atomic E-state index is -1.21. The maximum Gasteiger partial charge on any atom is 0.417 e. The van der Waals surface area contributed by atoms with E-state index >= 15 is 0 Å². The van der Waals surface area contributed by atoms with Gasteiger partial charge in [0.2, 0.25) is 5.91 Å². The molecule has 2 aliphatic carbocycles. The van der Waals surface area contributed by atoms with Crippen LogP contribution in [0.1, 0.15) is 58.9 Å². The molecule has 246 valence electrons. The second kappa shape index (κ2) is 14.3. The highest BCUT2D eigenvalue weighted by Crippen LogP contribution is 2.47. The summed E-state index contributed by atoms with van der Waals surface area (Å²) in [6.45, 7) is 0.423. The number of imide groups is 1. The molecule has 0 heterocycles. The maximum atomic E-state index is 15.0. The molecule has 2 aliphatic rings. The van der Waals surface area contributed by atoms with E-state index in [2.05, 4.69) is 12.1 Å². The van der Waals surface area contributed by atoms with Crippen molar-refractivity contribution in [1.82, 2.24) is 4.90 Å². The van der Waals surface area contributed by atoms with Crippen molar-refractivity contribution in [3.8, 4) is 22.3 Å². The van der Waals surface area contributed by atoms with Crippen molar-refractivity contribution in [2.75, 3.05) is 13.2 Å². The number of amides is 2. The van der Waals surface area contributed by atoms with Crippen molar-refractivity contribution in [1.29, 1.82) is 0 Å². The van der Waals surface area contributed by atoms with E-state index in [1.54, 1.807) is 0 Å². The number of carbonyl (C=O) groups excluding carboxylic acids is 3. The molecule has 0 unspecified atom stereocenters. The van der Waals surface area contributed by atoms with Gasteiger partial charge in [0.25, 0.3) is 0 Å². The molecule has 0 saturated heterocycles. The van der Waals surface area contributed by atoms with Gasteiger partial charge >= 0.3 is 12.1 Å². The molecular formula is C42H38N2O5. The van der Waals surface area contributed by atoms with Gasteiger partial charge in [0.1, 0.15) is 19.3 Å². The monoisotopic (exact) mass is 650 g/mol. The van der Waals surface area contributed by atoms with Gasteiger partial charge in [-0.1, -0.05) is 127 Å². The van der Waals surface area contributed by atoms with Crippen LogP contribution >= 0.6 is 0 Å². The van der Waals surface area contributed by atoms with E-state index in [1.807, 2.05) is 115 Å². The molecule has 0 bridgehead atoms. The Morgan fingerprint density at radius 3 is 1.65 bits per heavy atom. The molecule has 0 fully saturated rings. The number of fused-ring (bicyclic) bond motifs is 6. The third kappa shape index (κ3) is 6.25. The number of hydrogen-bond acceptors (Lipinski definition) is 6. The van der Waals surface area contributed by atoms with Crippen LogP contribution in [0.2, 0.25) is 0 Å². The third-order valence-electron chi connectivity index (χ3n) is 9.59. The van der Waals surface area contributed by atoms with E-state index in [1.165, 1.54) is 0 Å². The van der Waals surface area contributed by atoms with Gasteiger partial charge in [0.15, 0.2) is 0 Å². The number of ether oxygens (including phenoxy) is 2. The van der Waals surface area contributed by atoms with Gasteiger partial charge < -0.3 is 15.2 Å². The van der Waals surface area contributed by atoms with Gasteiger partial charge in [-0.15, -0.1) is 0 Å². The minimum Gasteiger partial charge on any atom is -0.459 e. The highest BCUT2D eigenvalue weighted by Gasteiger charge is 2.44. The summed E-state index contributed by atoms with van der Waals surface area (Å²) in [5, 5.41) is 0.